The van der Waals surface area contributed by atoms with E-state index in [1.54, 1.807) is 24.3 Å². The van der Waals surface area contributed by atoms with E-state index < -0.39 is 0 Å². The molecule has 1 heterocycles. The zero-order chi connectivity index (χ0) is 15.2. The van der Waals surface area contributed by atoms with Crippen LogP contribution in [0.3, 0.4) is 0 Å². The van der Waals surface area contributed by atoms with Crippen molar-refractivity contribution in [2.45, 2.75) is 6.92 Å². The summed E-state index contributed by atoms with van der Waals surface area (Å²) in [6.07, 6.45) is 0. The van der Waals surface area contributed by atoms with E-state index in [1.165, 1.54) is 19.1 Å². The lowest BCUT2D eigenvalue weighted by atomic mass is 10.2. The first kappa shape index (κ1) is 14.8. The Morgan fingerprint density at radius 1 is 1.05 bits per heavy atom. The quantitative estimate of drug-likeness (QED) is 0.827. The van der Waals surface area contributed by atoms with Crippen LogP contribution in [0, 0.1) is 5.82 Å². The summed E-state index contributed by atoms with van der Waals surface area (Å²) in [4.78, 5) is 22.5. The number of nitrogens with one attached hydrogen (secondary N) is 2. The fourth-order valence-electron chi connectivity index (χ4n) is 1.73. The van der Waals surface area contributed by atoms with Crippen molar-refractivity contribution >= 4 is 11.8 Å². The monoisotopic (exact) mass is 290 g/mol. The molecule has 2 aromatic rings. The van der Waals surface area contributed by atoms with Crippen molar-refractivity contribution in [2.24, 2.45) is 0 Å². The molecular weight excluding hydrogens is 275 g/mol. The van der Waals surface area contributed by atoms with Crippen LogP contribution in [0.5, 0.6) is 0 Å². The third-order valence-corrected chi connectivity index (χ3v) is 2.74. The average Bonchev–Trinajstić information content (AvgIpc) is 2.94. The molecule has 0 fully saturated rings. The summed E-state index contributed by atoms with van der Waals surface area (Å²) < 4.78 is 18.3. The molecule has 1 aromatic heterocycles. The second kappa shape index (κ2) is 6.69. The molecule has 0 aliphatic heterocycles. The standard InChI is InChI=1S/C15H15FN2O3/c1-10(19)17-8-9-18-15(20)14-7-6-13(21-14)11-2-4-12(16)5-3-11/h2-7H,8-9H2,1H3,(H,17,19)(H,18,20). The molecule has 1 aromatic carbocycles. The number of hydrogen-bond donors (Lipinski definition) is 2. The van der Waals surface area contributed by atoms with E-state index >= 15 is 0 Å². The minimum absolute atomic E-state index is 0.152. The number of halogens is 1. The number of amides is 2. The van der Waals surface area contributed by atoms with Crippen LogP contribution in [0.2, 0.25) is 0 Å². The highest BCUT2D eigenvalue weighted by Gasteiger charge is 2.11. The van der Waals surface area contributed by atoms with Gasteiger partial charge in [0.15, 0.2) is 5.76 Å². The predicted octanol–water partition coefficient (Wildman–Crippen LogP) is 1.95. The average molecular weight is 290 g/mol. The predicted molar refractivity (Wildman–Crippen MR) is 75.1 cm³/mol. The maximum atomic E-state index is 12.8. The summed E-state index contributed by atoms with van der Waals surface area (Å²) in [6.45, 7) is 2.07. The molecule has 0 unspecified atom stereocenters. The zero-order valence-corrected chi connectivity index (χ0v) is 11.5. The van der Waals surface area contributed by atoms with Crippen molar-refractivity contribution in [2.75, 3.05) is 13.1 Å². The smallest absolute Gasteiger partial charge is 0.287 e. The van der Waals surface area contributed by atoms with Crippen LogP contribution in [0.1, 0.15) is 17.5 Å². The highest BCUT2D eigenvalue weighted by molar-refractivity contribution is 5.92. The lowest BCUT2D eigenvalue weighted by Crippen LogP contribution is -2.33. The maximum Gasteiger partial charge on any atom is 0.287 e. The van der Waals surface area contributed by atoms with Gasteiger partial charge in [-0.15, -0.1) is 0 Å². The van der Waals surface area contributed by atoms with E-state index in [4.69, 9.17) is 4.42 Å². The Bertz CT molecular complexity index is 635. The minimum Gasteiger partial charge on any atom is -0.451 e. The van der Waals surface area contributed by atoms with Gasteiger partial charge in [0.25, 0.3) is 5.91 Å². The Kier molecular flexibility index (Phi) is 4.71. The van der Waals surface area contributed by atoms with Crippen LogP contribution in [0.25, 0.3) is 11.3 Å². The zero-order valence-electron chi connectivity index (χ0n) is 11.5. The Labute approximate surface area is 121 Å². The Balaban J connectivity index is 1.94. The molecule has 2 rings (SSSR count). The number of hydrogen-bond acceptors (Lipinski definition) is 3. The molecule has 0 atom stereocenters. The van der Waals surface area contributed by atoms with Crippen molar-refractivity contribution in [3.05, 3.63) is 48.0 Å². The van der Waals surface area contributed by atoms with E-state index in [0.29, 0.717) is 24.4 Å². The van der Waals surface area contributed by atoms with Crippen LogP contribution < -0.4 is 10.6 Å². The second-order valence-electron chi connectivity index (χ2n) is 4.41. The molecule has 2 amide bonds. The third kappa shape index (κ3) is 4.17. The molecule has 0 aliphatic rings. The summed E-state index contributed by atoms with van der Waals surface area (Å²) in [5.74, 6) is -0.199. The molecule has 6 heteroatoms. The molecular formula is C15H15FN2O3. The molecule has 0 saturated heterocycles. The van der Waals surface area contributed by atoms with E-state index in [1.807, 2.05) is 0 Å². The lowest BCUT2D eigenvalue weighted by Gasteiger charge is -2.03. The van der Waals surface area contributed by atoms with Gasteiger partial charge in [-0.05, 0) is 36.4 Å². The van der Waals surface area contributed by atoms with Gasteiger partial charge in [0.2, 0.25) is 5.91 Å². The van der Waals surface area contributed by atoms with Gasteiger partial charge in [0.1, 0.15) is 11.6 Å². The van der Waals surface area contributed by atoms with Crippen LogP contribution in [-0.4, -0.2) is 24.9 Å². The molecule has 5 nitrogen and oxygen atoms in total. The Hall–Kier alpha value is -2.63. The molecule has 2 N–H and O–H groups in total. The third-order valence-electron chi connectivity index (χ3n) is 2.74. The number of carbonyl (C=O) groups is 2. The normalized spacial score (nSPS) is 10.2. The Morgan fingerprint density at radius 3 is 2.38 bits per heavy atom. The van der Waals surface area contributed by atoms with Crippen molar-refractivity contribution in [3.8, 4) is 11.3 Å². The highest BCUT2D eigenvalue weighted by atomic mass is 19.1. The van der Waals surface area contributed by atoms with E-state index in [-0.39, 0.29) is 23.4 Å². The van der Waals surface area contributed by atoms with Gasteiger partial charge in [-0.25, -0.2) is 4.39 Å². The fraction of sp³-hybridized carbons (Fsp3) is 0.200. The van der Waals surface area contributed by atoms with Gasteiger partial charge >= 0.3 is 0 Å². The molecule has 0 spiro atoms. The number of furan rings is 1. The van der Waals surface area contributed by atoms with Crippen LogP contribution in [0.15, 0.2) is 40.8 Å². The molecule has 21 heavy (non-hydrogen) atoms. The first-order valence-corrected chi connectivity index (χ1v) is 6.44. The molecule has 0 aliphatic carbocycles. The van der Waals surface area contributed by atoms with Gasteiger partial charge in [-0.1, -0.05) is 0 Å². The van der Waals surface area contributed by atoms with Crippen molar-refractivity contribution in [1.29, 1.82) is 0 Å². The Morgan fingerprint density at radius 2 is 1.71 bits per heavy atom. The van der Waals surface area contributed by atoms with E-state index in [9.17, 15) is 14.0 Å². The van der Waals surface area contributed by atoms with Crippen LogP contribution in [0.4, 0.5) is 4.39 Å². The van der Waals surface area contributed by atoms with Gasteiger partial charge in [0, 0.05) is 25.6 Å². The van der Waals surface area contributed by atoms with E-state index in [0.717, 1.165) is 0 Å². The molecule has 110 valence electrons. The summed E-state index contributed by atoms with van der Waals surface area (Å²) in [5.41, 5.74) is 0.689. The first-order valence-electron chi connectivity index (χ1n) is 6.44. The SMILES string of the molecule is CC(=O)NCCNC(=O)c1ccc(-c2ccc(F)cc2)o1. The summed E-state index contributed by atoms with van der Waals surface area (Å²) in [6, 6.07) is 9.00. The molecule has 0 bridgehead atoms. The number of carbonyl (C=O) groups excluding carboxylic acids is 2. The summed E-state index contributed by atoms with van der Waals surface area (Å²) >= 11 is 0. The van der Waals surface area contributed by atoms with Crippen molar-refractivity contribution in [3.63, 3.8) is 0 Å². The second-order valence-corrected chi connectivity index (χ2v) is 4.41. The summed E-state index contributed by atoms with van der Waals surface area (Å²) in [7, 11) is 0. The van der Waals surface area contributed by atoms with Crippen molar-refractivity contribution in [1.82, 2.24) is 10.6 Å². The minimum atomic E-state index is -0.367. The van der Waals surface area contributed by atoms with Gasteiger partial charge in [-0.3, -0.25) is 9.59 Å². The first-order chi connectivity index (χ1) is 10.1. The largest absolute Gasteiger partial charge is 0.451 e. The number of benzene rings is 1. The molecule has 0 saturated carbocycles. The topological polar surface area (TPSA) is 71.3 Å². The van der Waals surface area contributed by atoms with E-state index in [2.05, 4.69) is 10.6 Å². The molecule has 0 radical (unpaired) electrons. The van der Waals surface area contributed by atoms with Crippen LogP contribution in [-0.2, 0) is 4.79 Å². The van der Waals surface area contributed by atoms with Gasteiger partial charge in [0.05, 0.1) is 0 Å². The fourth-order valence-corrected chi connectivity index (χ4v) is 1.73. The van der Waals surface area contributed by atoms with Gasteiger partial charge < -0.3 is 15.1 Å². The van der Waals surface area contributed by atoms with Crippen molar-refractivity contribution < 1.29 is 18.4 Å². The lowest BCUT2D eigenvalue weighted by molar-refractivity contribution is -0.118. The van der Waals surface area contributed by atoms with Gasteiger partial charge in [-0.2, -0.15) is 0 Å². The number of rotatable bonds is 5. The van der Waals surface area contributed by atoms with Crippen LogP contribution >= 0.6 is 0 Å². The maximum absolute atomic E-state index is 12.8. The summed E-state index contributed by atoms with van der Waals surface area (Å²) in [5, 5.41) is 5.19. The highest BCUT2D eigenvalue weighted by Crippen LogP contribution is 2.22.